The lowest BCUT2D eigenvalue weighted by atomic mass is 9.82. The van der Waals surface area contributed by atoms with Crippen molar-refractivity contribution in [2.45, 2.75) is 39.0 Å². The van der Waals surface area contributed by atoms with Crippen molar-refractivity contribution in [1.29, 1.82) is 0 Å². The van der Waals surface area contributed by atoms with Crippen molar-refractivity contribution in [1.82, 2.24) is 4.90 Å². The molecule has 0 aromatic heterocycles. The normalized spacial score (nSPS) is 26.9. The van der Waals surface area contributed by atoms with Crippen molar-refractivity contribution in [3.05, 3.63) is 0 Å². The van der Waals surface area contributed by atoms with Gasteiger partial charge in [0.25, 0.3) is 0 Å². The second-order valence-corrected chi connectivity index (χ2v) is 5.02. The molecule has 0 heterocycles. The molecular weight excluding hydrogens is 190 g/mol. The van der Waals surface area contributed by atoms with E-state index in [1.807, 2.05) is 7.05 Å². The Balaban J connectivity index is 2.18. The summed E-state index contributed by atoms with van der Waals surface area (Å²) in [5, 5.41) is 10.3. The molecule has 0 aliphatic heterocycles. The number of carbonyl (C=O) groups is 1. The van der Waals surface area contributed by atoms with Crippen molar-refractivity contribution in [2.24, 2.45) is 11.8 Å². The van der Waals surface area contributed by atoms with Crippen molar-refractivity contribution < 1.29 is 9.90 Å². The summed E-state index contributed by atoms with van der Waals surface area (Å²) >= 11 is 0. The standard InChI is InChI=1S/C12H23NO2/c1-10-4-3-5-11(8-10)9-13(2)7-6-12(14)15/h10-11H,3-9H2,1-2H3,(H,14,15)/p-1. The zero-order chi connectivity index (χ0) is 11.3. The van der Waals surface area contributed by atoms with Crippen LogP contribution in [0.5, 0.6) is 0 Å². The van der Waals surface area contributed by atoms with Gasteiger partial charge in [0.1, 0.15) is 0 Å². The third-order valence-corrected chi connectivity index (χ3v) is 3.31. The van der Waals surface area contributed by atoms with Crippen molar-refractivity contribution in [3.63, 3.8) is 0 Å². The van der Waals surface area contributed by atoms with E-state index in [1.165, 1.54) is 25.7 Å². The summed E-state index contributed by atoms with van der Waals surface area (Å²) in [6.07, 6.45) is 5.45. The number of rotatable bonds is 5. The number of hydrogen-bond acceptors (Lipinski definition) is 3. The Hall–Kier alpha value is -0.570. The van der Waals surface area contributed by atoms with E-state index in [9.17, 15) is 9.90 Å². The van der Waals surface area contributed by atoms with Crippen LogP contribution >= 0.6 is 0 Å². The van der Waals surface area contributed by atoms with Crippen LogP contribution in [0.3, 0.4) is 0 Å². The third-order valence-electron chi connectivity index (χ3n) is 3.31. The Morgan fingerprint density at radius 2 is 2.20 bits per heavy atom. The highest BCUT2D eigenvalue weighted by atomic mass is 16.4. The minimum atomic E-state index is -0.945. The predicted molar refractivity (Wildman–Crippen MR) is 58.2 cm³/mol. The molecular formula is C12H22NO2-. The number of nitrogens with zero attached hydrogens (tertiary/aromatic N) is 1. The zero-order valence-corrected chi connectivity index (χ0v) is 9.87. The van der Waals surface area contributed by atoms with Gasteiger partial charge in [-0.2, -0.15) is 0 Å². The molecule has 88 valence electrons. The summed E-state index contributed by atoms with van der Waals surface area (Å²) in [4.78, 5) is 12.4. The van der Waals surface area contributed by atoms with Crippen LogP contribution in [0, 0.1) is 11.8 Å². The van der Waals surface area contributed by atoms with E-state index in [1.54, 1.807) is 0 Å². The van der Waals surface area contributed by atoms with Gasteiger partial charge < -0.3 is 14.8 Å². The molecule has 0 radical (unpaired) electrons. The average molecular weight is 212 g/mol. The molecule has 0 amide bonds. The SMILES string of the molecule is CC1CCCC(CN(C)CCC(=O)[O-])C1. The van der Waals surface area contributed by atoms with Gasteiger partial charge in [-0.3, -0.25) is 0 Å². The maximum absolute atomic E-state index is 10.3. The number of carbonyl (C=O) groups excluding carboxylic acids is 1. The molecule has 2 unspecified atom stereocenters. The Bertz CT molecular complexity index is 206. The monoisotopic (exact) mass is 212 g/mol. The molecule has 0 aromatic rings. The lowest BCUT2D eigenvalue weighted by Crippen LogP contribution is -2.33. The summed E-state index contributed by atoms with van der Waals surface area (Å²) in [6.45, 7) is 3.97. The highest BCUT2D eigenvalue weighted by molar-refractivity contribution is 5.64. The van der Waals surface area contributed by atoms with Crippen LogP contribution in [0.2, 0.25) is 0 Å². The van der Waals surface area contributed by atoms with E-state index in [-0.39, 0.29) is 6.42 Å². The van der Waals surface area contributed by atoms with Gasteiger partial charge in [-0.15, -0.1) is 0 Å². The molecule has 1 rings (SSSR count). The topological polar surface area (TPSA) is 43.4 Å². The molecule has 1 aliphatic rings. The highest BCUT2D eigenvalue weighted by Crippen LogP contribution is 2.28. The summed E-state index contributed by atoms with van der Waals surface area (Å²) < 4.78 is 0. The fourth-order valence-corrected chi connectivity index (χ4v) is 2.54. The molecule has 2 atom stereocenters. The Kier molecular flexibility index (Phi) is 5.09. The minimum Gasteiger partial charge on any atom is -0.550 e. The number of carboxylic acid groups (broad SMARTS) is 1. The smallest absolute Gasteiger partial charge is 0.0427 e. The first kappa shape index (κ1) is 12.5. The second kappa shape index (κ2) is 6.11. The molecule has 0 saturated heterocycles. The Morgan fingerprint density at radius 3 is 2.80 bits per heavy atom. The molecule has 3 heteroatoms. The fourth-order valence-electron chi connectivity index (χ4n) is 2.54. The molecule has 0 aromatic carbocycles. The minimum absolute atomic E-state index is 0.152. The van der Waals surface area contributed by atoms with E-state index in [4.69, 9.17) is 0 Å². The molecule has 0 spiro atoms. The van der Waals surface area contributed by atoms with E-state index < -0.39 is 5.97 Å². The van der Waals surface area contributed by atoms with Crippen molar-refractivity contribution in [3.8, 4) is 0 Å². The Morgan fingerprint density at radius 1 is 1.47 bits per heavy atom. The van der Waals surface area contributed by atoms with Gasteiger partial charge in [-0.25, -0.2) is 0 Å². The van der Waals surface area contributed by atoms with E-state index in [0.29, 0.717) is 6.54 Å². The summed E-state index contributed by atoms with van der Waals surface area (Å²) in [5.74, 6) is 0.664. The quantitative estimate of drug-likeness (QED) is 0.679. The lowest BCUT2D eigenvalue weighted by molar-refractivity contribution is -0.305. The largest absolute Gasteiger partial charge is 0.550 e. The first-order valence-corrected chi connectivity index (χ1v) is 5.96. The number of carboxylic acids is 1. The van der Waals surface area contributed by atoms with Gasteiger partial charge in [0.2, 0.25) is 0 Å². The average Bonchev–Trinajstić information content (AvgIpc) is 2.15. The summed E-state index contributed by atoms with van der Waals surface area (Å²) in [7, 11) is 2.00. The molecule has 0 bridgehead atoms. The summed E-state index contributed by atoms with van der Waals surface area (Å²) in [6, 6.07) is 0. The van der Waals surface area contributed by atoms with Gasteiger partial charge in [0.15, 0.2) is 0 Å². The maximum Gasteiger partial charge on any atom is 0.0427 e. The molecule has 3 nitrogen and oxygen atoms in total. The van der Waals surface area contributed by atoms with Crippen LogP contribution in [0.15, 0.2) is 0 Å². The Labute approximate surface area is 92.5 Å². The van der Waals surface area contributed by atoms with Crippen LogP contribution < -0.4 is 5.11 Å². The second-order valence-electron chi connectivity index (χ2n) is 5.02. The number of hydrogen-bond donors (Lipinski definition) is 0. The van der Waals surface area contributed by atoms with Crippen LogP contribution in [0.1, 0.15) is 39.0 Å². The fraction of sp³-hybridized carbons (Fsp3) is 0.917. The van der Waals surface area contributed by atoms with E-state index in [2.05, 4.69) is 11.8 Å². The van der Waals surface area contributed by atoms with Crippen molar-refractivity contribution >= 4 is 5.97 Å². The zero-order valence-electron chi connectivity index (χ0n) is 9.87. The van der Waals surface area contributed by atoms with Gasteiger partial charge in [-0.05, 0) is 38.1 Å². The first-order chi connectivity index (χ1) is 7.08. The van der Waals surface area contributed by atoms with Crippen LogP contribution in [0.4, 0.5) is 0 Å². The molecule has 1 fully saturated rings. The number of aliphatic carboxylic acids is 1. The summed E-state index contributed by atoms with van der Waals surface area (Å²) in [5.41, 5.74) is 0. The lowest BCUT2D eigenvalue weighted by Gasteiger charge is -2.30. The maximum atomic E-state index is 10.3. The van der Waals surface area contributed by atoms with Crippen LogP contribution in [-0.4, -0.2) is 31.0 Å². The van der Waals surface area contributed by atoms with Crippen LogP contribution in [0.25, 0.3) is 0 Å². The van der Waals surface area contributed by atoms with Gasteiger partial charge in [0.05, 0.1) is 0 Å². The highest BCUT2D eigenvalue weighted by Gasteiger charge is 2.19. The van der Waals surface area contributed by atoms with Gasteiger partial charge in [-0.1, -0.05) is 19.8 Å². The molecule has 1 saturated carbocycles. The molecule has 15 heavy (non-hydrogen) atoms. The predicted octanol–water partition coefficient (Wildman–Crippen LogP) is 0.885. The van der Waals surface area contributed by atoms with E-state index in [0.717, 1.165) is 18.4 Å². The molecule has 1 aliphatic carbocycles. The first-order valence-electron chi connectivity index (χ1n) is 5.96. The third kappa shape index (κ3) is 5.17. The van der Waals surface area contributed by atoms with Crippen LogP contribution in [-0.2, 0) is 4.79 Å². The molecule has 0 N–H and O–H groups in total. The van der Waals surface area contributed by atoms with Crippen molar-refractivity contribution in [2.75, 3.05) is 20.1 Å². The van der Waals surface area contributed by atoms with Gasteiger partial charge >= 0.3 is 0 Å². The van der Waals surface area contributed by atoms with Gasteiger partial charge in [0, 0.05) is 19.1 Å². The van der Waals surface area contributed by atoms with E-state index >= 15 is 0 Å².